The molecule has 0 aromatic carbocycles. The van der Waals surface area contributed by atoms with Gasteiger partial charge in [-0.1, -0.05) is 25.4 Å². The van der Waals surface area contributed by atoms with Gasteiger partial charge in [0.1, 0.15) is 11.3 Å². The molecule has 1 aromatic heterocycles. The van der Waals surface area contributed by atoms with Crippen molar-refractivity contribution in [3.63, 3.8) is 0 Å². The van der Waals surface area contributed by atoms with Gasteiger partial charge in [0, 0.05) is 12.5 Å². The molecule has 5 heteroatoms. The molecule has 0 aliphatic heterocycles. The lowest BCUT2D eigenvalue weighted by molar-refractivity contribution is 0.0230. The fourth-order valence-corrected chi connectivity index (χ4v) is 2.64. The van der Waals surface area contributed by atoms with E-state index in [1.54, 1.807) is 0 Å². The van der Waals surface area contributed by atoms with Crippen LogP contribution in [0.1, 0.15) is 57.2 Å². The van der Waals surface area contributed by atoms with Crippen LogP contribution in [0.3, 0.4) is 0 Å². The molecule has 1 unspecified atom stereocenters. The van der Waals surface area contributed by atoms with Crippen LogP contribution in [0.15, 0.2) is 4.47 Å². The topological polar surface area (TPSA) is 35.0 Å². The molecule has 0 radical (unpaired) electrons. The molecule has 1 fully saturated rings. The fraction of sp³-hybridized carbons (Fsp3) is 0.692. The molecule has 1 aromatic rings. The number of aromatic nitrogens is 2. The van der Waals surface area contributed by atoms with Gasteiger partial charge in [-0.05, 0) is 41.6 Å². The second-order valence-corrected chi connectivity index (χ2v) is 6.12. The summed E-state index contributed by atoms with van der Waals surface area (Å²) in [5, 5.41) is 0.493. The Labute approximate surface area is 121 Å². The molecule has 0 bridgehead atoms. The lowest BCUT2D eigenvalue weighted by atomic mass is 10.1. The highest BCUT2D eigenvalue weighted by Gasteiger charge is 2.31. The zero-order chi connectivity index (χ0) is 13.3. The van der Waals surface area contributed by atoms with Crippen molar-refractivity contribution in [2.24, 2.45) is 5.92 Å². The molecular formula is C13H18BrClN2O. The van der Waals surface area contributed by atoms with Crippen molar-refractivity contribution in [3.05, 3.63) is 21.1 Å². The van der Waals surface area contributed by atoms with Crippen LogP contribution in [0.5, 0.6) is 0 Å². The first-order chi connectivity index (χ1) is 8.54. The zero-order valence-electron chi connectivity index (χ0n) is 10.9. The average Bonchev–Trinajstić information content (AvgIpc) is 3.13. The molecule has 3 nitrogen and oxygen atoms in total. The van der Waals surface area contributed by atoms with Crippen molar-refractivity contribution < 1.29 is 4.74 Å². The van der Waals surface area contributed by atoms with Crippen LogP contribution in [-0.4, -0.2) is 16.6 Å². The first-order valence-electron chi connectivity index (χ1n) is 6.39. The van der Waals surface area contributed by atoms with E-state index >= 15 is 0 Å². The first-order valence-corrected chi connectivity index (χ1v) is 7.56. The summed E-state index contributed by atoms with van der Waals surface area (Å²) in [5.74, 6) is 1.57. The third-order valence-electron chi connectivity index (χ3n) is 3.02. The lowest BCUT2D eigenvalue weighted by Gasteiger charge is -2.20. The van der Waals surface area contributed by atoms with Gasteiger partial charge in [-0.3, -0.25) is 0 Å². The maximum atomic E-state index is 6.19. The molecule has 1 aliphatic rings. The van der Waals surface area contributed by atoms with E-state index in [0.29, 0.717) is 29.4 Å². The van der Waals surface area contributed by atoms with E-state index in [0.717, 1.165) is 10.2 Å². The Kier molecular flexibility index (Phi) is 4.62. The Hall–Kier alpha value is -0.190. The Balaban J connectivity index is 2.37. The quantitative estimate of drug-likeness (QED) is 0.744. The molecule has 2 rings (SSSR count). The average molecular weight is 334 g/mol. The molecule has 1 saturated carbocycles. The van der Waals surface area contributed by atoms with Crippen molar-refractivity contribution in [2.75, 3.05) is 6.61 Å². The Morgan fingerprint density at radius 3 is 2.56 bits per heavy atom. The van der Waals surface area contributed by atoms with Crippen LogP contribution in [0.2, 0.25) is 5.15 Å². The van der Waals surface area contributed by atoms with Gasteiger partial charge in [0.2, 0.25) is 0 Å². The summed E-state index contributed by atoms with van der Waals surface area (Å²) in [6.45, 7) is 6.85. The lowest BCUT2D eigenvalue weighted by Crippen LogP contribution is -2.16. The van der Waals surface area contributed by atoms with Crippen molar-refractivity contribution in [1.82, 2.24) is 9.97 Å². The van der Waals surface area contributed by atoms with Gasteiger partial charge in [-0.2, -0.15) is 0 Å². The fourth-order valence-electron chi connectivity index (χ4n) is 1.95. The van der Waals surface area contributed by atoms with Crippen molar-refractivity contribution in [1.29, 1.82) is 0 Å². The minimum atomic E-state index is -0.0851. The van der Waals surface area contributed by atoms with Crippen LogP contribution in [0, 0.1) is 5.92 Å². The molecule has 0 N–H and O–H groups in total. The summed E-state index contributed by atoms with van der Waals surface area (Å²) >= 11 is 9.67. The minimum Gasteiger partial charge on any atom is -0.370 e. The van der Waals surface area contributed by atoms with Crippen molar-refractivity contribution in [2.45, 2.75) is 45.6 Å². The number of halogens is 2. The van der Waals surface area contributed by atoms with Crippen LogP contribution in [0.25, 0.3) is 0 Å². The largest absolute Gasteiger partial charge is 0.370 e. The van der Waals surface area contributed by atoms with Gasteiger partial charge in [0.05, 0.1) is 10.2 Å². The third kappa shape index (κ3) is 3.03. The normalized spacial score (nSPS) is 17.2. The van der Waals surface area contributed by atoms with E-state index in [2.05, 4.69) is 39.7 Å². The van der Waals surface area contributed by atoms with E-state index in [9.17, 15) is 0 Å². The van der Waals surface area contributed by atoms with E-state index < -0.39 is 0 Å². The molecule has 0 saturated heterocycles. The molecular weight excluding hydrogens is 316 g/mol. The number of hydrogen-bond acceptors (Lipinski definition) is 3. The van der Waals surface area contributed by atoms with Crippen molar-refractivity contribution >= 4 is 27.5 Å². The highest BCUT2D eigenvalue weighted by molar-refractivity contribution is 9.10. The number of nitrogens with zero attached hydrogens (tertiary/aromatic N) is 2. The van der Waals surface area contributed by atoms with E-state index in [1.165, 1.54) is 12.8 Å². The highest BCUT2D eigenvalue weighted by atomic mass is 79.9. The van der Waals surface area contributed by atoms with Crippen LogP contribution in [0.4, 0.5) is 0 Å². The van der Waals surface area contributed by atoms with Crippen LogP contribution < -0.4 is 0 Å². The van der Waals surface area contributed by atoms with Crippen LogP contribution in [-0.2, 0) is 4.74 Å². The van der Waals surface area contributed by atoms with Crippen LogP contribution >= 0.6 is 27.5 Å². The molecule has 1 atom stereocenters. The monoisotopic (exact) mass is 332 g/mol. The highest BCUT2D eigenvalue weighted by Crippen LogP contribution is 2.44. The van der Waals surface area contributed by atoms with Gasteiger partial charge in [0.25, 0.3) is 0 Å². The summed E-state index contributed by atoms with van der Waals surface area (Å²) in [7, 11) is 0. The summed E-state index contributed by atoms with van der Waals surface area (Å²) < 4.78 is 6.58. The second-order valence-electron chi connectivity index (χ2n) is 4.97. The number of rotatable bonds is 5. The molecule has 0 spiro atoms. The molecule has 18 heavy (non-hydrogen) atoms. The Morgan fingerprint density at radius 2 is 2.06 bits per heavy atom. The third-order valence-corrected chi connectivity index (χ3v) is 4.31. The summed E-state index contributed by atoms with van der Waals surface area (Å²) in [4.78, 5) is 9.03. The van der Waals surface area contributed by atoms with Gasteiger partial charge in [-0.15, -0.1) is 0 Å². The predicted molar refractivity (Wildman–Crippen MR) is 75.9 cm³/mol. The number of hydrogen-bond donors (Lipinski definition) is 0. The predicted octanol–water partition coefficient (Wildman–Crippen LogP) is 4.50. The molecule has 1 heterocycles. The molecule has 0 amide bonds. The SMILES string of the molecule is CCOC(c1nc(Cl)c(Br)c(C2CC2)n1)C(C)C. The van der Waals surface area contributed by atoms with Gasteiger partial charge >= 0.3 is 0 Å². The van der Waals surface area contributed by atoms with Gasteiger partial charge in [-0.25, -0.2) is 9.97 Å². The Bertz CT molecular complexity index is 435. The number of ether oxygens (including phenoxy) is 1. The minimum absolute atomic E-state index is 0.0851. The first kappa shape index (κ1) is 14.2. The maximum Gasteiger partial charge on any atom is 0.159 e. The van der Waals surface area contributed by atoms with E-state index in [4.69, 9.17) is 16.3 Å². The molecule has 1 aliphatic carbocycles. The van der Waals surface area contributed by atoms with Crippen molar-refractivity contribution in [3.8, 4) is 0 Å². The summed E-state index contributed by atoms with van der Waals surface area (Å²) in [6, 6.07) is 0. The van der Waals surface area contributed by atoms with Gasteiger partial charge in [0.15, 0.2) is 5.82 Å². The van der Waals surface area contributed by atoms with E-state index in [1.807, 2.05) is 6.92 Å². The zero-order valence-corrected chi connectivity index (χ0v) is 13.3. The van der Waals surface area contributed by atoms with Gasteiger partial charge < -0.3 is 4.74 Å². The van der Waals surface area contributed by atoms with E-state index in [-0.39, 0.29) is 6.10 Å². The molecule has 100 valence electrons. The smallest absolute Gasteiger partial charge is 0.159 e. The Morgan fingerprint density at radius 1 is 1.39 bits per heavy atom. The second kappa shape index (κ2) is 5.85. The summed E-state index contributed by atoms with van der Waals surface area (Å²) in [6.07, 6.45) is 2.29. The maximum absolute atomic E-state index is 6.19. The standard InChI is InChI=1S/C13H18BrClN2O/c1-4-18-11(7(2)3)13-16-10(8-5-6-8)9(14)12(15)17-13/h7-8,11H,4-6H2,1-3H3. The summed E-state index contributed by atoms with van der Waals surface area (Å²) in [5.41, 5.74) is 1.04.